The second-order valence-corrected chi connectivity index (χ2v) is 4.89. The average molecular weight is 276 g/mol. The van der Waals surface area contributed by atoms with Gasteiger partial charge in [0.05, 0.1) is 23.6 Å². The van der Waals surface area contributed by atoms with Crippen LogP contribution < -0.4 is 0 Å². The van der Waals surface area contributed by atoms with Crippen LogP contribution in [0.4, 0.5) is 0 Å². The number of nitrogens with zero attached hydrogens (tertiary/aromatic N) is 2. The first-order valence-corrected chi connectivity index (χ1v) is 7.21. The fourth-order valence-corrected chi connectivity index (χ4v) is 2.40. The Balaban J connectivity index is 2.37. The van der Waals surface area contributed by atoms with Gasteiger partial charge in [-0.2, -0.15) is 0 Å². The van der Waals surface area contributed by atoms with Gasteiger partial charge in [0.1, 0.15) is 5.01 Å². The maximum atomic E-state index is 11.9. The van der Waals surface area contributed by atoms with Gasteiger partial charge in [-0.25, -0.2) is 14.8 Å². The van der Waals surface area contributed by atoms with Crippen LogP contribution >= 0.6 is 11.3 Å². The molecule has 0 fully saturated rings. The molecule has 5 heteroatoms. The Morgan fingerprint density at radius 1 is 1.37 bits per heavy atom. The van der Waals surface area contributed by atoms with E-state index in [4.69, 9.17) is 4.74 Å². The van der Waals surface area contributed by atoms with Crippen molar-refractivity contribution in [3.8, 4) is 10.7 Å². The van der Waals surface area contributed by atoms with Crippen molar-refractivity contribution in [3.05, 3.63) is 35.0 Å². The third-order valence-electron chi connectivity index (χ3n) is 2.61. The second kappa shape index (κ2) is 6.43. The monoisotopic (exact) mass is 276 g/mol. The van der Waals surface area contributed by atoms with Crippen molar-refractivity contribution in [2.24, 2.45) is 0 Å². The van der Waals surface area contributed by atoms with Crippen LogP contribution in [0.15, 0.2) is 23.7 Å². The van der Waals surface area contributed by atoms with Crippen molar-refractivity contribution in [2.75, 3.05) is 6.61 Å². The Bertz CT molecular complexity index is 553. The van der Waals surface area contributed by atoms with Crippen LogP contribution in [0, 0.1) is 0 Å². The summed E-state index contributed by atoms with van der Waals surface area (Å²) in [6.45, 7) is 4.24. The van der Waals surface area contributed by atoms with Crippen molar-refractivity contribution in [2.45, 2.75) is 26.7 Å². The molecule has 0 N–H and O–H groups in total. The number of carbonyl (C=O) groups is 1. The number of aryl methyl sites for hydroxylation is 1. The maximum absolute atomic E-state index is 11.9. The molecule has 4 nitrogen and oxygen atoms in total. The van der Waals surface area contributed by atoms with E-state index in [1.807, 2.05) is 11.4 Å². The zero-order valence-corrected chi connectivity index (χ0v) is 11.9. The minimum Gasteiger partial charge on any atom is -0.462 e. The van der Waals surface area contributed by atoms with Crippen LogP contribution in [0.5, 0.6) is 0 Å². The molecule has 0 atom stereocenters. The molecule has 2 aromatic rings. The normalized spacial score (nSPS) is 10.4. The summed E-state index contributed by atoms with van der Waals surface area (Å²) in [5, 5.41) is 2.78. The molecule has 0 saturated heterocycles. The molecular weight excluding hydrogens is 260 g/mol. The van der Waals surface area contributed by atoms with Gasteiger partial charge in [-0.1, -0.05) is 13.3 Å². The third kappa shape index (κ3) is 3.17. The highest BCUT2D eigenvalue weighted by Crippen LogP contribution is 2.22. The van der Waals surface area contributed by atoms with Crippen molar-refractivity contribution >= 4 is 17.3 Å². The fourth-order valence-electron chi connectivity index (χ4n) is 1.79. The van der Waals surface area contributed by atoms with E-state index in [9.17, 15) is 4.79 Å². The SMILES string of the molecule is CCCc1nc(-c2nccs2)ccc1C(=O)OCC. The van der Waals surface area contributed by atoms with Gasteiger partial charge in [-0.15, -0.1) is 11.3 Å². The number of ether oxygens (including phenoxy) is 1. The van der Waals surface area contributed by atoms with E-state index in [0.717, 1.165) is 29.2 Å². The first-order valence-electron chi connectivity index (χ1n) is 6.33. The van der Waals surface area contributed by atoms with Gasteiger partial charge in [-0.05, 0) is 25.5 Å². The molecule has 2 aromatic heterocycles. The van der Waals surface area contributed by atoms with Crippen LogP contribution in [0.1, 0.15) is 36.3 Å². The van der Waals surface area contributed by atoms with Crippen LogP contribution in [-0.2, 0) is 11.2 Å². The zero-order chi connectivity index (χ0) is 13.7. The van der Waals surface area contributed by atoms with Gasteiger partial charge >= 0.3 is 5.97 Å². The van der Waals surface area contributed by atoms with E-state index in [-0.39, 0.29) is 5.97 Å². The number of rotatable bonds is 5. The van der Waals surface area contributed by atoms with Crippen LogP contribution in [0.2, 0.25) is 0 Å². The van der Waals surface area contributed by atoms with E-state index in [0.29, 0.717) is 12.2 Å². The summed E-state index contributed by atoms with van der Waals surface area (Å²) in [7, 11) is 0. The topological polar surface area (TPSA) is 52.1 Å². The Labute approximate surface area is 116 Å². The highest BCUT2D eigenvalue weighted by molar-refractivity contribution is 7.13. The molecule has 0 spiro atoms. The lowest BCUT2D eigenvalue weighted by atomic mass is 10.1. The van der Waals surface area contributed by atoms with Crippen LogP contribution in [-0.4, -0.2) is 22.5 Å². The van der Waals surface area contributed by atoms with E-state index in [2.05, 4.69) is 16.9 Å². The highest BCUT2D eigenvalue weighted by Gasteiger charge is 2.15. The summed E-state index contributed by atoms with van der Waals surface area (Å²) < 4.78 is 5.05. The van der Waals surface area contributed by atoms with Crippen molar-refractivity contribution in [1.29, 1.82) is 0 Å². The number of hydrogen-bond donors (Lipinski definition) is 0. The van der Waals surface area contributed by atoms with Crippen molar-refractivity contribution in [3.63, 3.8) is 0 Å². The van der Waals surface area contributed by atoms with E-state index < -0.39 is 0 Å². The summed E-state index contributed by atoms with van der Waals surface area (Å²) in [5.74, 6) is -0.302. The van der Waals surface area contributed by atoms with Crippen LogP contribution in [0.3, 0.4) is 0 Å². The number of pyridine rings is 1. The maximum Gasteiger partial charge on any atom is 0.339 e. The lowest BCUT2D eigenvalue weighted by Crippen LogP contribution is -2.10. The number of aromatic nitrogens is 2. The third-order valence-corrected chi connectivity index (χ3v) is 3.40. The van der Waals surface area contributed by atoms with Gasteiger partial charge in [0.15, 0.2) is 0 Å². The first-order chi connectivity index (χ1) is 9.26. The summed E-state index contributed by atoms with van der Waals surface area (Å²) in [4.78, 5) is 20.7. The van der Waals surface area contributed by atoms with Gasteiger partial charge < -0.3 is 4.74 Å². The molecule has 0 aliphatic carbocycles. The Kier molecular flexibility index (Phi) is 4.63. The van der Waals surface area contributed by atoms with Crippen molar-refractivity contribution < 1.29 is 9.53 Å². The van der Waals surface area contributed by atoms with Crippen LogP contribution in [0.25, 0.3) is 10.7 Å². The Morgan fingerprint density at radius 2 is 2.21 bits per heavy atom. The van der Waals surface area contributed by atoms with Gasteiger partial charge in [0, 0.05) is 11.6 Å². The summed E-state index contributed by atoms with van der Waals surface area (Å²) in [5.41, 5.74) is 2.16. The van der Waals surface area contributed by atoms with E-state index in [1.165, 1.54) is 11.3 Å². The van der Waals surface area contributed by atoms with Gasteiger partial charge in [0.2, 0.25) is 0 Å². The van der Waals surface area contributed by atoms with Gasteiger partial charge in [-0.3, -0.25) is 0 Å². The second-order valence-electron chi connectivity index (χ2n) is 4.00. The minimum atomic E-state index is -0.302. The summed E-state index contributed by atoms with van der Waals surface area (Å²) >= 11 is 1.54. The first kappa shape index (κ1) is 13.7. The molecule has 19 heavy (non-hydrogen) atoms. The predicted octanol–water partition coefficient (Wildman–Crippen LogP) is 3.33. The predicted molar refractivity (Wildman–Crippen MR) is 75.3 cm³/mol. The number of hydrogen-bond acceptors (Lipinski definition) is 5. The molecular formula is C14H16N2O2S. The zero-order valence-electron chi connectivity index (χ0n) is 11.0. The summed E-state index contributed by atoms with van der Waals surface area (Å²) in [6.07, 6.45) is 3.44. The Hall–Kier alpha value is -1.75. The standard InChI is InChI=1S/C14H16N2O2S/c1-3-5-11-10(14(17)18-4-2)6-7-12(16-11)13-15-8-9-19-13/h6-9H,3-5H2,1-2H3. The lowest BCUT2D eigenvalue weighted by Gasteiger charge is -2.08. The van der Waals surface area contributed by atoms with Crippen molar-refractivity contribution in [1.82, 2.24) is 9.97 Å². The average Bonchev–Trinajstić information content (AvgIpc) is 2.93. The molecule has 0 aromatic carbocycles. The molecule has 2 heterocycles. The molecule has 0 bridgehead atoms. The summed E-state index contributed by atoms with van der Waals surface area (Å²) in [6, 6.07) is 3.61. The largest absolute Gasteiger partial charge is 0.462 e. The quantitative estimate of drug-likeness (QED) is 0.786. The molecule has 0 amide bonds. The lowest BCUT2D eigenvalue weighted by molar-refractivity contribution is 0.0524. The molecule has 0 radical (unpaired) electrons. The van der Waals surface area contributed by atoms with E-state index >= 15 is 0 Å². The highest BCUT2D eigenvalue weighted by atomic mass is 32.1. The minimum absolute atomic E-state index is 0.302. The van der Waals surface area contributed by atoms with E-state index in [1.54, 1.807) is 19.2 Å². The molecule has 0 aliphatic heterocycles. The van der Waals surface area contributed by atoms with Gasteiger partial charge in [0.25, 0.3) is 0 Å². The Morgan fingerprint density at radius 3 is 2.84 bits per heavy atom. The fraction of sp³-hybridized carbons (Fsp3) is 0.357. The molecule has 0 unspecified atom stereocenters. The number of carbonyl (C=O) groups excluding carboxylic acids is 1. The molecule has 0 saturated carbocycles. The smallest absolute Gasteiger partial charge is 0.339 e. The molecule has 2 rings (SSSR count). The molecule has 100 valence electrons. The molecule has 0 aliphatic rings. The number of thiazole rings is 1. The number of esters is 1.